The van der Waals surface area contributed by atoms with Crippen molar-refractivity contribution in [1.82, 2.24) is 0 Å². The number of ether oxygens (including phenoxy) is 3. The number of halogens is 3. The molecule has 4 aromatic carbocycles. The number of benzene rings is 4. The summed E-state index contributed by atoms with van der Waals surface area (Å²) in [5.41, 5.74) is 4.28. The van der Waals surface area contributed by atoms with Gasteiger partial charge in [0, 0.05) is 0 Å². The molecule has 0 amide bonds. The Kier molecular flexibility index (Phi) is 16.3. The molecule has 0 aliphatic rings. The van der Waals surface area contributed by atoms with Gasteiger partial charge in [-0.25, -0.2) is 9.59 Å². The van der Waals surface area contributed by atoms with E-state index in [1.165, 1.54) is 69.2 Å². The van der Waals surface area contributed by atoms with Crippen LogP contribution in [0.3, 0.4) is 0 Å². The van der Waals surface area contributed by atoms with Crippen molar-refractivity contribution in [2.45, 2.75) is 110 Å². The second-order valence-corrected chi connectivity index (χ2v) is 13.2. The van der Waals surface area contributed by atoms with Gasteiger partial charge in [-0.1, -0.05) is 127 Å². The Morgan fingerprint density at radius 1 is 0.558 bits per heavy atom. The lowest BCUT2D eigenvalue weighted by atomic mass is 9.94. The third-order valence-corrected chi connectivity index (χ3v) is 9.03. The van der Waals surface area contributed by atoms with E-state index < -0.39 is 24.2 Å². The van der Waals surface area contributed by atoms with E-state index in [0.29, 0.717) is 25.0 Å². The van der Waals surface area contributed by atoms with Gasteiger partial charge in [-0.05, 0) is 90.0 Å². The summed E-state index contributed by atoms with van der Waals surface area (Å²) in [6.07, 6.45) is 5.65. The number of carbonyl (C=O) groups excluding carboxylic acids is 2. The van der Waals surface area contributed by atoms with Crippen LogP contribution in [-0.2, 0) is 4.74 Å². The van der Waals surface area contributed by atoms with Crippen LogP contribution in [0.15, 0.2) is 97.1 Å². The molecule has 0 fully saturated rings. The Morgan fingerprint density at radius 2 is 1.02 bits per heavy atom. The first-order chi connectivity index (χ1) is 25.2. The van der Waals surface area contributed by atoms with Crippen molar-refractivity contribution < 1.29 is 37.0 Å². The number of rotatable bonds is 21. The van der Waals surface area contributed by atoms with Gasteiger partial charge in [-0.3, -0.25) is 0 Å². The minimum atomic E-state index is -4.65. The maximum Gasteiger partial charge on any atom is 0.425 e. The minimum absolute atomic E-state index is 0.0633. The molecule has 0 aliphatic heterocycles. The summed E-state index contributed by atoms with van der Waals surface area (Å²) in [7, 11) is 0. The van der Waals surface area contributed by atoms with Gasteiger partial charge in [0.25, 0.3) is 0 Å². The molecule has 0 bridgehead atoms. The van der Waals surface area contributed by atoms with Crippen LogP contribution >= 0.6 is 0 Å². The number of alkyl halides is 3. The third kappa shape index (κ3) is 12.9. The van der Waals surface area contributed by atoms with Crippen molar-refractivity contribution in [3.63, 3.8) is 0 Å². The lowest BCUT2D eigenvalue weighted by molar-refractivity contribution is -0.206. The van der Waals surface area contributed by atoms with E-state index in [1.54, 1.807) is 12.1 Å². The molecule has 0 heterocycles. The molecule has 1 unspecified atom stereocenters. The van der Waals surface area contributed by atoms with Crippen molar-refractivity contribution >= 4 is 11.9 Å². The van der Waals surface area contributed by atoms with Crippen LogP contribution in [0.5, 0.6) is 11.5 Å². The summed E-state index contributed by atoms with van der Waals surface area (Å²) in [5.74, 6) is -0.690. The summed E-state index contributed by atoms with van der Waals surface area (Å²) in [5, 5.41) is 0. The fourth-order valence-corrected chi connectivity index (χ4v) is 6.00. The largest absolute Gasteiger partial charge is 0.494 e. The monoisotopic (exact) mass is 716 g/mol. The summed E-state index contributed by atoms with van der Waals surface area (Å²) in [6.45, 7) is 4.92. The normalized spacial score (nSPS) is 11.9. The predicted molar refractivity (Wildman–Crippen MR) is 201 cm³/mol. The second-order valence-electron chi connectivity index (χ2n) is 13.2. The first-order valence-electron chi connectivity index (χ1n) is 18.7. The second kappa shape index (κ2) is 21.1. The van der Waals surface area contributed by atoms with Gasteiger partial charge in [-0.15, -0.1) is 0 Å². The molecular formula is C44H51F3O5. The first kappa shape index (κ1) is 40.2. The standard InChI is InChI=1S/C44H51F3O5/c1-3-5-7-9-10-11-12-16-32-50-37-28-24-34(25-29-37)40-18-15-14-17-39(40)33-20-22-35(23-21-33)42(48)51-38-30-26-36(27-31-38)43(49)52-41(44(45,46)47)19-13-8-6-4-2/h14-15,17-18,20-31,41H,3-13,16,19,32H2,1-2H3. The van der Waals surface area contributed by atoms with Crippen molar-refractivity contribution in [3.8, 4) is 33.8 Å². The van der Waals surface area contributed by atoms with Crippen LogP contribution in [-0.4, -0.2) is 30.8 Å². The van der Waals surface area contributed by atoms with Gasteiger partial charge in [0.15, 0.2) is 6.10 Å². The van der Waals surface area contributed by atoms with Crippen LogP contribution in [0.4, 0.5) is 13.2 Å². The number of esters is 2. The molecule has 0 aliphatic carbocycles. The first-order valence-corrected chi connectivity index (χ1v) is 18.7. The summed E-state index contributed by atoms with van der Waals surface area (Å²) < 4.78 is 56.7. The van der Waals surface area contributed by atoms with Crippen LogP contribution in [0.25, 0.3) is 22.3 Å². The number of hydrogen-bond donors (Lipinski definition) is 0. The topological polar surface area (TPSA) is 61.8 Å². The van der Waals surface area contributed by atoms with Gasteiger partial charge in [-0.2, -0.15) is 13.2 Å². The fourth-order valence-electron chi connectivity index (χ4n) is 6.00. The smallest absolute Gasteiger partial charge is 0.425 e. The highest BCUT2D eigenvalue weighted by Gasteiger charge is 2.42. The molecule has 0 saturated carbocycles. The summed E-state index contributed by atoms with van der Waals surface area (Å²) in [6, 6.07) is 28.5. The van der Waals surface area contributed by atoms with E-state index in [0.717, 1.165) is 47.3 Å². The third-order valence-electron chi connectivity index (χ3n) is 9.03. The molecule has 0 radical (unpaired) electrons. The Morgan fingerprint density at radius 3 is 1.58 bits per heavy atom. The molecule has 5 nitrogen and oxygen atoms in total. The highest BCUT2D eigenvalue weighted by Crippen LogP contribution is 2.33. The van der Waals surface area contributed by atoms with Crippen molar-refractivity contribution in [1.29, 1.82) is 0 Å². The van der Waals surface area contributed by atoms with Crippen molar-refractivity contribution in [2.24, 2.45) is 0 Å². The molecule has 0 N–H and O–H groups in total. The Labute approximate surface area is 306 Å². The molecular weight excluding hydrogens is 665 g/mol. The Hall–Kier alpha value is -4.59. The van der Waals surface area contributed by atoms with E-state index >= 15 is 0 Å². The molecule has 0 spiro atoms. The van der Waals surface area contributed by atoms with Crippen LogP contribution in [0.2, 0.25) is 0 Å². The lowest BCUT2D eigenvalue weighted by Crippen LogP contribution is -2.33. The zero-order valence-corrected chi connectivity index (χ0v) is 30.4. The molecule has 278 valence electrons. The number of unbranched alkanes of at least 4 members (excludes halogenated alkanes) is 10. The molecule has 4 aromatic rings. The molecule has 8 heteroatoms. The predicted octanol–water partition coefficient (Wildman–Crippen LogP) is 12.8. The maximum absolute atomic E-state index is 13.5. The highest BCUT2D eigenvalue weighted by molar-refractivity contribution is 5.93. The Balaban J connectivity index is 1.30. The average Bonchev–Trinajstić information content (AvgIpc) is 3.15. The zero-order chi connectivity index (χ0) is 37.2. The number of hydrogen-bond acceptors (Lipinski definition) is 5. The van der Waals surface area contributed by atoms with Gasteiger partial charge < -0.3 is 14.2 Å². The maximum atomic E-state index is 13.5. The van der Waals surface area contributed by atoms with Crippen LogP contribution in [0.1, 0.15) is 118 Å². The van der Waals surface area contributed by atoms with Gasteiger partial charge >= 0.3 is 18.1 Å². The van der Waals surface area contributed by atoms with Gasteiger partial charge in [0.2, 0.25) is 0 Å². The average molecular weight is 717 g/mol. The van der Waals surface area contributed by atoms with Crippen LogP contribution in [0, 0.1) is 0 Å². The molecule has 0 saturated heterocycles. The molecule has 0 aromatic heterocycles. The van der Waals surface area contributed by atoms with E-state index in [4.69, 9.17) is 14.2 Å². The zero-order valence-electron chi connectivity index (χ0n) is 30.4. The number of carbonyl (C=O) groups is 2. The van der Waals surface area contributed by atoms with E-state index in [2.05, 4.69) is 25.1 Å². The SMILES string of the molecule is CCCCCCCCCCOc1ccc(-c2ccccc2-c2ccc(C(=O)Oc3ccc(C(=O)OC(CCCCCC)C(F)(F)F)cc3)cc2)cc1. The van der Waals surface area contributed by atoms with Crippen LogP contribution < -0.4 is 9.47 Å². The Bertz CT molecular complexity index is 1650. The van der Waals surface area contributed by atoms with E-state index in [-0.39, 0.29) is 17.7 Å². The van der Waals surface area contributed by atoms with E-state index in [1.807, 2.05) is 49.4 Å². The molecule has 1 atom stereocenters. The molecule has 52 heavy (non-hydrogen) atoms. The fraction of sp³-hybridized carbons (Fsp3) is 0.409. The van der Waals surface area contributed by atoms with Crippen molar-refractivity contribution in [2.75, 3.05) is 6.61 Å². The summed E-state index contributed by atoms with van der Waals surface area (Å²) >= 11 is 0. The van der Waals surface area contributed by atoms with Gasteiger partial charge in [0.05, 0.1) is 17.7 Å². The van der Waals surface area contributed by atoms with Crippen molar-refractivity contribution in [3.05, 3.63) is 108 Å². The van der Waals surface area contributed by atoms with E-state index in [9.17, 15) is 22.8 Å². The minimum Gasteiger partial charge on any atom is -0.494 e. The molecule has 4 rings (SSSR count). The highest BCUT2D eigenvalue weighted by atomic mass is 19.4. The quantitative estimate of drug-likeness (QED) is 0.0488. The lowest BCUT2D eigenvalue weighted by Gasteiger charge is -2.20. The summed E-state index contributed by atoms with van der Waals surface area (Å²) in [4.78, 5) is 25.4. The van der Waals surface area contributed by atoms with Gasteiger partial charge in [0.1, 0.15) is 11.5 Å².